The molecule has 1 heterocycles. The van der Waals surface area contributed by atoms with Crippen LogP contribution in [-0.2, 0) is 6.61 Å². The fourth-order valence-electron chi connectivity index (χ4n) is 3.61. The highest BCUT2D eigenvalue weighted by atomic mass is 19.1. The number of aliphatic hydroxyl groups excluding tert-OH is 1. The molecule has 0 saturated carbocycles. The second-order valence-corrected chi connectivity index (χ2v) is 7.87. The van der Waals surface area contributed by atoms with Gasteiger partial charge in [-0.05, 0) is 40.7 Å². The van der Waals surface area contributed by atoms with E-state index in [9.17, 15) is 9.50 Å². The third-order valence-electron chi connectivity index (χ3n) is 5.02. The summed E-state index contributed by atoms with van der Waals surface area (Å²) < 4.78 is 13.6. The van der Waals surface area contributed by atoms with Gasteiger partial charge in [-0.1, -0.05) is 82.3 Å². The Kier molecular flexibility index (Phi) is 6.60. The standard InChI is InChI=1S/C26H28FNO/c1-17(2)25-22(15-10-19-8-6-5-7-9-19)24(20-11-13-21(27)14-12-20)23(16-29)26(28-25)18(3)4/h5-15,17-18,29H,16H2,1-4H3. The molecule has 3 heteroatoms. The lowest BCUT2D eigenvalue weighted by atomic mass is 9.87. The second kappa shape index (κ2) is 9.15. The van der Waals surface area contributed by atoms with E-state index in [-0.39, 0.29) is 24.3 Å². The quantitative estimate of drug-likeness (QED) is 0.503. The summed E-state index contributed by atoms with van der Waals surface area (Å²) in [7, 11) is 0. The maximum atomic E-state index is 13.6. The van der Waals surface area contributed by atoms with Crippen LogP contribution in [0.2, 0.25) is 0 Å². The summed E-state index contributed by atoms with van der Waals surface area (Å²) in [5.74, 6) is 0.0961. The van der Waals surface area contributed by atoms with Gasteiger partial charge in [-0.2, -0.15) is 0 Å². The van der Waals surface area contributed by atoms with Crippen molar-refractivity contribution < 1.29 is 9.50 Å². The lowest BCUT2D eigenvalue weighted by Gasteiger charge is -2.22. The predicted octanol–water partition coefficient (Wildman–Crippen LogP) is 6.80. The van der Waals surface area contributed by atoms with Gasteiger partial charge in [0.25, 0.3) is 0 Å². The van der Waals surface area contributed by atoms with Crippen molar-refractivity contribution in [3.8, 4) is 11.1 Å². The molecule has 0 spiro atoms. The molecule has 2 nitrogen and oxygen atoms in total. The van der Waals surface area contributed by atoms with Crippen molar-refractivity contribution in [2.24, 2.45) is 0 Å². The summed E-state index contributed by atoms with van der Waals surface area (Å²) in [5.41, 5.74) is 6.57. The largest absolute Gasteiger partial charge is 0.392 e. The monoisotopic (exact) mass is 389 g/mol. The van der Waals surface area contributed by atoms with Gasteiger partial charge in [-0.15, -0.1) is 0 Å². The molecular weight excluding hydrogens is 361 g/mol. The van der Waals surface area contributed by atoms with Crippen molar-refractivity contribution in [1.29, 1.82) is 0 Å². The molecule has 0 unspecified atom stereocenters. The van der Waals surface area contributed by atoms with E-state index in [4.69, 9.17) is 4.98 Å². The van der Waals surface area contributed by atoms with Gasteiger partial charge < -0.3 is 5.11 Å². The lowest BCUT2D eigenvalue weighted by Crippen LogP contribution is -2.10. The summed E-state index contributed by atoms with van der Waals surface area (Å²) >= 11 is 0. The third kappa shape index (κ3) is 4.63. The Bertz CT molecular complexity index is 989. The molecule has 0 atom stereocenters. The lowest BCUT2D eigenvalue weighted by molar-refractivity contribution is 0.280. The van der Waals surface area contributed by atoms with Crippen molar-refractivity contribution in [1.82, 2.24) is 4.98 Å². The summed E-state index contributed by atoms with van der Waals surface area (Å²) in [6.45, 7) is 8.30. The van der Waals surface area contributed by atoms with E-state index in [1.54, 1.807) is 12.1 Å². The van der Waals surface area contributed by atoms with E-state index in [0.29, 0.717) is 0 Å². The van der Waals surface area contributed by atoms with Crippen LogP contribution in [0.4, 0.5) is 4.39 Å². The highest BCUT2D eigenvalue weighted by Gasteiger charge is 2.22. The Balaban J connectivity index is 2.33. The topological polar surface area (TPSA) is 33.1 Å². The molecule has 0 fully saturated rings. The molecule has 0 radical (unpaired) electrons. The number of rotatable bonds is 6. The van der Waals surface area contributed by atoms with Crippen molar-refractivity contribution >= 4 is 12.2 Å². The average molecular weight is 390 g/mol. The molecule has 0 aliphatic carbocycles. The summed E-state index contributed by atoms with van der Waals surface area (Å²) in [6.07, 6.45) is 4.13. The van der Waals surface area contributed by atoms with E-state index in [1.165, 1.54) is 12.1 Å². The van der Waals surface area contributed by atoms with Crippen LogP contribution in [0.3, 0.4) is 0 Å². The predicted molar refractivity (Wildman–Crippen MR) is 119 cm³/mol. The smallest absolute Gasteiger partial charge is 0.123 e. The molecule has 0 amide bonds. The van der Waals surface area contributed by atoms with Crippen LogP contribution in [-0.4, -0.2) is 10.1 Å². The number of hydrogen-bond donors (Lipinski definition) is 1. The average Bonchev–Trinajstić information content (AvgIpc) is 2.72. The zero-order chi connectivity index (χ0) is 21.0. The van der Waals surface area contributed by atoms with Gasteiger partial charge in [0, 0.05) is 16.8 Å². The number of hydrogen-bond acceptors (Lipinski definition) is 2. The van der Waals surface area contributed by atoms with Gasteiger partial charge in [-0.25, -0.2) is 4.39 Å². The molecular formula is C26H28FNO. The van der Waals surface area contributed by atoms with Gasteiger partial charge in [0.2, 0.25) is 0 Å². The number of halogens is 1. The van der Waals surface area contributed by atoms with Gasteiger partial charge in [0.05, 0.1) is 12.3 Å². The van der Waals surface area contributed by atoms with Crippen LogP contribution in [0.25, 0.3) is 23.3 Å². The highest BCUT2D eigenvalue weighted by Crippen LogP contribution is 2.37. The van der Waals surface area contributed by atoms with Crippen molar-refractivity contribution in [3.05, 3.63) is 88.5 Å². The first-order chi connectivity index (χ1) is 13.9. The Morgan fingerprint density at radius 2 is 1.48 bits per heavy atom. The number of aromatic nitrogens is 1. The number of nitrogens with zero attached hydrogens (tertiary/aromatic N) is 1. The van der Waals surface area contributed by atoms with E-state index >= 15 is 0 Å². The van der Waals surface area contributed by atoms with Crippen LogP contribution in [0, 0.1) is 5.82 Å². The highest BCUT2D eigenvalue weighted by molar-refractivity contribution is 5.84. The first-order valence-corrected chi connectivity index (χ1v) is 10.1. The molecule has 1 N–H and O–H groups in total. The zero-order valence-corrected chi connectivity index (χ0v) is 17.5. The Labute approximate surface area is 172 Å². The molecule has 0 saturated heterocycles. The van der Waals surface area contributed by atoms with Crippen LogP contribution in [0.1, 0.15) is 67.6 Å². The van der Waals surface area contributed by atoms with Crippen molar-refractivity contribution in [2.45, 2.75) is 46.1 Å². The van der Waals surface area contributed by atoms with Crippen molar-refractivity contribution in [2.75, 3.05) is 0 Å². The third-order valence-corrected chi connectivity index (χ3v) is 5.02. The van der Waals surface area contributed by atoms with Crippen LogP contribution in [0.15, 0.2) is 54.6 Å². The normalized spacial score (nSPS) is 11.7. The minimum Gasteiger partial charge on any atom is -0.392 e. The SMILES string of the molecule is CC(C)c1nc(C(C)C)c(CO)c(-c2ccc(F)cc2)c1C=Cc1ccccc1. The van der Waals surface area contributed by atoms with Gasteiger partial charge in [0.1, 0.15) is 5.82 Å². The number of aliphatic hydroxyl groups is 1. The molecule has 1 aromatic heterocycles. The maximum Gasteiger partial charge on any atom is 0.123 e. The summed E-state index contributed by atoms with van der Waals surface area (Å²) in [4.78, 5) is 4.97. The van der Waals surface area contributed by atoms with E-state index in [1.807, 2.05) is 30.3 Å². The molecule has 3 aromatic rings. The molecule has 150 valence electrons. The number of benzene rings is 2. The van der Waals surface area contributed by atoms with Gasteiger partial charge in [-0.3, -0.25) is 4.98 Å². The minimum absolute atomic E-state index is 0.113. The molecule has 29 heavy (non-hydrogen) atoms. The van der Waals surface area contributed by atoms with Crippen LogP contribution >= 0.6 is 0 Å². The molecule has 0 aliphatic rings. The van der Waals surface area contributed by atoms with Gasteiger partial charge in [0.15, 0.2) is 0 Å². The van der Waals surface area contributed by atoms with Crippen LogP contribution < -0.4 is 0 Å². The van der Waals surface area contributed by atoms with E-state index < -0.39 is 0 Å². The Morgan fingerprint density at radius 1 is 0.862 bits per heavy atom. The Hall–Kier alpha value is -2.78. The molecule has 0 aliphatic heterocycles. The first-order valence-electron chi connectivity index (χ1n) is 10.1. The fraction of sp³-hybridized carbons (Fsp3) is 0.269. The molecule has 3 rings (SSSR count). The van der Waals surface area contributed by atoms with E-state index in [0.717, 1.165) is 39.2 Å². The second-order valence-electron chi connectivity index (χ2n) is 7.87. The van der Waals surface area contributed by atoms with Crippen LogP contribution in [0.5, 0.6) is 0 Å². The molecule has 2 aromatic carbocycles. The summed E-state index contributed by atoms with van der Waals surface area (Å²) in [5, 5.41) is 10.3. The number of pyridine rings is 1. The summed E-state index contributed by atoms with van der Waals surface area (Å²) in [6, 6.07) is 16.6. The minimum atomic E-state index is -0.275. The van der Waals surface area contributed by atoms with Gasteiger partial charge >= 0.3 is 0 Å². The van der Waals surface area contributed by atoms with Crippen molar-refractivity contribution in [3.63, 3.8) is 0 Å². The molecule has 0 bridgehead atoms. The zero-order valence-electron chi connectivity index (χ0n) is 17.5. The maximum absolute atomic E-state index is 13.6. The van der Waals surface area contributed by atoms with E-state index in [2.05, 4.69) is 39.8 Å². The Morgan fingerprint density at radius 3 is 2.03 bits per heavy atom. The fourth-order valence-corrected chi connectivity index (χ4v) is 3.61. The first kappa shape index (κ1) is 20.9.